The van der Waals surface area contributed by atoms with E-state index in [0.717, 1.165) is 10.2 Å². The van der Waals surface area contributed by atoms with Gasteiger partial charge in [-0.2, -0.15) is 0 Å². The van der Waals surface area contributed by atoms with Crippen LogP contribution < -0.4 is 5.32 Å². The van der Waals surface area contributed by atoms with Gasteiger partial charge in [-0.05, 0) is 37.6 Å². The predicted molar refractivity (Wildman–Crippen MR) is 78.3 cm³/mol. The summed E-state index contributed by atoms with van der Waals surface area (Å²) in [6.07, 6.45) is 1.83. The summed E-state index contributed by atoms with van der Waals surface area (Å²) >= 11 is 3.59. The molecule has 1 aromatic heterocycles. The van der Waals surface area contributed by atoms with Crippen LogP contribution in [0, 0.1) is 0 Å². The van der Waals surface area contributed by atoms with E-state index in [-0.39, 0.29) is 12.1 Å². The van der Waals surface area contributed by atoms with Crippen molar-refractivity contribution in [2.45, 2.75) is 25.9 Å². The third kappa shape index (κ3) is 3.18. The highest BCUT2D eigenvalue weighted by Crippen LogP contribution is 2.24. The molecule has 94 valence electrons. The molecule has 0 spiro atoms. The number of hydrogen-bond donors (Lipinski definition) is 1. The van der Waals surface area contributed by atoms with Crippen LogP contribution in [0.25, 0.3) is 0 Å². The van der Waals surface area contributed by atoms with E-state index in [9.17, 15) is 0 Å². The Balaban J connectivity index is 2.08. The van der Waals surface area contributed by atoms with Crippen molar-refractivity contribution < 1.29 is 0 Å². The summed E-state index contributed by atoms with van der Waals surface area (Å²) in [6.45, 7) is 4.30. The van der Waals surface area contributed by atoms with Crippen molar-refractivity contribution in [3.63, 3.8) is 0 Å². The molecule has 1 heterocycles. The highest BCUT2D eigenvalue weighted by Gasteiger charge is 2.13. The molecule has 2 nitrogen and oxygen atoms in total. The number of aromatic nitrogens is 1. The highest BCUT2D eigenvalue weighted by atomic mass is 79.9. The van der Waals surface area contributed by atoms with E-state index in [2.05, 4.69) is 58.3 Å². The number of halogens is 1. The minimum absolute atomic E-state index is 0.230. The molecule has 0 saturated carbocycles. The summed E-state index contributed by atoms with van der Waals surface area (Å²) in [7, 11) is 0. The lowest BCUT2D eigenvalue weighted by Crippen LogP contribution is -2.23. The van der Waals surface area contributed by atoms with Crippen LogP contribution in [0.3, 0.4) is 0 Å². The van der Waals surface area contributed by atoms with E-state index in [1.165, 1.54) is 5.56 Å². The van der Waals surface area contributed by atoms with Crippen LogP contribution in [0.2, 0.25) is 0 Å². The molecule has 0 aliphatic rings. The third-order valence-electron chi connectivity index (χ3n) is 3.00. The Bertz CT molecular complexity index is 499. The van der Waals surface area contributed by atoms with E-state index in [4.69, 9.17) is 0 Å². The van der Waals surface area contributed by atoms with Gasteiger partial charge in [-0.1, -0.05) is 40.2 Å². The first-order chi connectivity index (χ1) is 8.68. The maximum Gasteiger partial charge on any atom is 0.0570 e. The molecule has 0 bridgehead atoms. The Morgan fingerprint density at radius 2 is 1.72 bits per heavy atom. The van der Waals surface area contributed by atoms with Gasteiger partial charge in [0.15, 0.2) is 0 Å². The average molecular weight is 305 g/mol. The lowest BCUT2D eigenvalue weighted by molar-refractivity contribution is 0.485. The molecule has 0 aliphatic heterocycles. The zero-order valence-electron chi connectivity index (χ0n) is 10.6. The molecule has 1 unspecified atom stereocenters. The van der Waals surface area contributed by atoms with Crippen molar-refractivity contribution in [3.05, 3.63) is 64.4 Å². The van der Waals surface area contributed by atoms with Gasteiger partial charge in [-0.25, -0.2) is 0 Å². The molecule has 0 fully saturated rings. The molecule has 0 radical (unpaired) electrons. The van der Waals surface area contributed by atoms with Gasteiger partial charge in [-0.3, -0.25) is 4.98 Å². The van der Waals surface area contributed by atoms with Crippen molar-refractivity contribution in [2.75, 3.05) is 0 Å². The number of benzene rings is 1. The summed E-state index contributed by atoms with van der Waals surface area (Å²) < 4.78 is 1.14. The topological polar surface area (TPSA) is 24.9 Å². The molecule has 18 heavy (non-hydrogen) atoms. The van der Waals surface area contributed by atoms with Crippen molar-refractivity contribution in [3.8, 4) is 0 Å². The van der Waals surface area contributed by atoms with E-state index < -0.39 is 0 Å². The highest BCUT2D eigenvalue weighted by molar-refractivity contribution is 9.10. The molecule has 0 amide bonds. The first kappa shape index (κ1) is 13.2. The normalized spacial score (nSPS) is 14.2. The monoisotopic (exact) mass is 304 g/mol. The second-order valence-electron chi connectivity index (χ2n) is 4.39. The predicted octanol–water partition coefficient (Wildman–Crippen LogP) is 4.26. The van der Waals surface area contributed by atoms with Gasteiger partial charge >= 0.3 is 0 Å². The fourth-order valence-electron chi connectivity index (χ4n) is 2.01. The molecule has 1 aromatic carbocycles. The number of hydrogen-bond acceptors (Lipinski definition) is 2. The second-order valence-corrected chi connectivity index (χ2v) is 5.24. The van der Waals surface area contributed by atoms with Gasteiger partial charge in [0, 0.05) is 22.8 Å². The zero-order chi connectivity index (χ0) is 13.0. The lowest BCUT2D eigenvalue weighted by Gasteiger charge is -2.21. The minimum atomic E-state index is 0.230. The van der Waals surface area contributed by atoms with Gasteiger partial charge in [-0.15, -0.1) is 0 Å². The van der Waals surface area contributed by atoms with Gasteiger partial charge in [0.2, 0.25) is 0 Å². The molecular weight excluding hydrogens is 288 g/mol. The van der Waals surface area contributed by atoms with Crippen LogP contribution in [0.15, 0.2) is 53.1 Å². The SMILES string of the molecule is CC(N[C@H](C)c1ccccc1Br)c1ccccn1. The van der Waals surface area contributed by atoms with Crippen LogP contribution in [-0.2, 0) is 0 Å². The standard InChI is InChI=1S/C15H17BrN2/c1-11(13-7-3-4-8-14(13)16)18-12(2)15-9-5-6-10-17-15/h3-12,18H,1-2H3/t11-,12?/m1/s1. The van der Waals surface area contributed by atoms with Crippen molar-refractivity contribution in [2.24, 2.45) is 0 Å². The Morgan fingerprint density at radius 1 is 1.00 bits per heavy atom. The summed E-state index contributed by atoms with van der Waals surface area (Å²) in [4.78, 5) is 4.37. The van der Waals surface area contributed by atoms with Gasteiger partial charge in [0.25, 0.3) is 0 Å². The molecule has 2 atom stereocenters. The summed E-state index contributed by atoms with van der Waals surface area (Å²) in [5.41, 5.74) is 2.33. The Kier molecular flexibility index (Phi) is 4.50. The molecule has 0 saturated heterocycles. The van der Waals surface area contributed by atoms with E-state index in [0.29, 0.717) is 0 Å². The quantitative estimate of drug-likeness (QED) is 0.913. The van der Waals surface area contributed by atoms with Gasteiger partial charge < -0.3 is 5.32 Å². The van der Waals surface area contributed by atoms with Crippen LogP contribution in [0.1, 0.15) is 37.2 Å². The third-order valence-corrected chi connectivity index (χ3v) is 3.73. The fourth-order valence-corrected chi connectivity index (χ4v) is 2.64. The first-order valence-corrected chi connectivity index (χ1v) is 6.89. The summed E-state index contributed by atoms with van der Waals surface area (Å²) in [6, 6.07) is 14.8. The van der Waals surface area contributed by atoms with E-state index in [1.54, 1.807) is 0 Å². The van der Waals surface area contributed by atoms with Crippen molar-refractivity contribution in [1.82, 2.24) is 10.3 Å². The number of rotatable bonds is 4. The minimum Gasteiger partial charge on any atom is -0.302 e. The van der Waals surface area contributed by atoms with Crippen LogP contribution >= 0.6 is 15.9 Å². The Labute approximate surface area is 117 Å². The summed E-state index contributed by atoms with van der Waals surface area (Å²) in [5.74, 6) is 0. The van der Waals surface area contributed by atoms with E-state index in [1.807, 2.05) is 30.5 Å². The van der Waals surface area contributed by atoms with Crippen molar-refractivity contribution in [1.29, 1.82) is 0 Å². The Morgan fingerprint density at radius 3 is 2.39 bits per heavy atom. The molecule has 2 rings (SSSR count). The van der Waals surface area contributed by atoms with Crippen molar-refractivity contribution >= 4 is 15.9 Å². The first-order valence-electron chi connectivity index (χ1n) is 6.10. The molecule has 1 N–H and O–H groups in total. The average Bonchev–Trinajstić information content (AvgIpc) is 2.40. The van der Waals surface area contributed by atoms with Crippen LogP contribution in [-0.4, -0.2) is 4.98 Å². The number of nitrogens with zero attached hydrogens (tertiary/aromatic N) is 1. The largest absolute Gasteiger partial charge is 0.302 e. The van der Waals surface area contributed by atoms with Crippen LogP contribution in [0.4, 0.5) is 0 Å². The van der Waals surface area contributed by atoms with Crippen LogP contribution in [0.5, 0.6) is 0 Å². The molecular formula is C15H17BrN2. The molecule has 2 aromatic rings. The maximum atomic E-state index is 4.37. The zero-order valence-corrected chi connectivity index (χ0v) is 12.2. The number of nitrogens with one attached hydrogen (secondary N) is 1. The lowest BCUT2D eigenvalue weighted by atomic mass is 10.1. The Hall–Kier alpha value is -1.19. The molecule has 3 heteroatoms. The van der Waals surface area contributed by atoms with Gasteiger partial charge in [0.05, 0.1) is 5.69 Å². The molecule has 0 aliphatic carbocycles. The maximum absolute atomic E-state index is 4.37. The summed E-state index contributed by atoms with van der Waals surface area (Å²) in [5, 5.41) is 3.56. The number of pyridine rings is 1. The van der Waals surface area contributed by atoms with E-state index >= 15 is 0 Å². The second kappa shape index (κ2) is 6.12. The fraction of sp³-hybridized carbons (Fsp3) is 0.267. The smallest absolute Gasteiger partial charge is 0.0570 e. The van der Waals surface area contributed by atoms with Gasteiger partial charge in [0.1, 0.15) is 0 Å².